The van der Waals surface area contributed by atoms with E-state index in [1.165, 1.54) is 12.8 Å². The Morgan fingerprint density at radius 2 is 2.12 bits per heavy atom. The fraction of sp³-hybridized carbons (Fsp3) is 0.615. The van der Waals surface area contributed by atoms with Crippen LogP contribution >= 0.6 is 0 Å². The lowest BCUT2D eigenvalue weighted by Crippen LogP contribution is -2.21. The molecule has 0 aliphatic heterocycles. The minimum absolute atomic E-state index is 0.733. The second kappa shape index (κ2) is 5.73. The van der Waals surface area contributed by atoms with Crippen molar-refractivity contribution in [1.29, 1.82) is 0 Å². The summed E-state index contributed by atoms with van der Waals surface area (Å²) in [6.45, 7) is 7.62. The van der Waals surface area contributed by atoms with E-state index in [0.29, 0.717) is 0 Å². The van der Waals surface area contributed by atoms with Crippen LogP contribution in [0.2, 0.25) is 0 Å². The van der Waals surface area contributed by atoms with E-state index < -0.39 is 0 Å². The second-order valence-electron chi connectivity index (χ2n) is 4.87. The molecule has 0 saturated carbocycles. The van der Waals surface area contributed by atoms with Crippen LogP contribution in [0.1, 0.15) is 32.3 Å². The summed E-state index contributed by atoms with van der Waals surface area (Å²) >= 11 is 0. The average molecular weight is 221 g/mol. The monoisotopic (exact) mass is 221 g/mol. The lowest BCUT2D eigenvalue weighted by molar-refractivity contribution is 0.555. The van der Waals surface area contributed by atoms with E-state index in [2.05, 4.69) is 37.7 Å². The molecule has 90 valence electrons. The molecule has 2 N–H and O–H groups in total. The molecule has 16 heavy (non-hydrogen) atoms. The quantitative estimate of drug-likeness (QED) is 0.831. The Morgan fingerprint density at radius 1 is 1.44 bits per heavy atom. The zero-order valence-electron chi connectivity index (χ0n) is 10.8. The van der Waals surface area contributed by atoms with E-state index in [9.17, 15) is 0 Å². The fourth-order valence-corrected chi connectivity index (χ4v) is 1.83. The van der Waals surface area contributed by atoms with Gasteiger partial charge in [0.1, 0.15) is 5.82 Å². The third-order valence-electron chi connectivity index (χ3n) is 2.71. The minimum Gasteiger partial charge on any atom is -0.397 e. The van der Waals surface area contributed by atoms with Gasteiger partial charge in [0.2, 0.25) is 0 Å². The molecule has 0 bridgehead atoms. The van der Waals surface area contributed by atoms with Gasteiger partial charge in [-0.2, -0.15) is 0 Å². The average Bonchev–Trinajstić information content (AvgIpc) is 2.16. The molecule has 1 aromatic rings. The number of aryl methyl sites for hydroxylation is 1. The van der Waals surface area contributed by atoms with Crippen LogP contribution in [-0.4, -0.2) is 18.6 Å². The van der Waals surface area contributed by atoms with Crippen molar-refractivity contribution in [2.45, 2.75) is 33.6 Å². The van der Waals surface area contributed by atoms with Gasteiger partial charge in [-0.3, -0.25) is 0 Å². The lowest BCUT2D eigenvalue weighted by Gasteiger charge is -2.20. The Bertz CT molecular complexity index is 334. The maximum Gasteiger partial charge on any atom is 0.131 e. The normalized spacial score (nSPS) is 10.8. The summed E-state index contributed by atoms with van der Waals surface area (Å²) in [5.41, 5.74) is 7.57. The van der Waals surface area contributed by atoms with Crippen molar-refractivity contribution in [3.05, 3.63) is 17.8 Å². The molecule has 0 aliphatic carbocycles. The highest BCUT2D eigenvalue weighted by atomic mass is 15.2. The molecular weight excluding hydrogens is 198 g/mol. The van der Waals surface area contributed by atoms with Gasteiger partial charge in [-0.1, -0.05) is 13.8 Å². The van der Waals surface area contributed by atoms with Crippen molar-refractivity contribution in [2.24, 2.45) is 5.92 Å². The summed E-state index contributed by atoms with van der Waals surface area (Å²) < 4.78 is 0. The zero-order chi connectivity index (χ0) is 12.1. The molecule has 1 rings (SSSR count). The van der Waals surface area contributed by atoms with Crippen molar-refractivity contribution in [3.63, 3.8) is 0 Å². The third kappa shape index (κ3) is 3.72. The fourth-order valence-electron chi connectivity index (χ4n) is 1.83. The maximum absolute atomic E-state index is 5.69. The van der Waals surface area contributed by atoms with E-state index in [1.54, 1.807) is 6.20 Å². The van der Waals surface area contributed by atoms with E-state index in [0.717, 1.165) is 29.5 Å². The van der Waals surface area contributed by atoms with Crippen LogP contribution in [0.5, 0.6) is 0 Å². The van der Waals surface area contributed by atoms with E-state index >= 15 is 0 Å². The topological polar surface area (TPSA) is 42.1 Å². The largest absolute Gasteiger partial charge is 0.397 e. The summed E-state index contributed by atoms with van der Waals surface area (Å²) in [5, 5.41) is 0. The maximum atomic E-state index is 5.69. The molecule has 0 spiro atoms. The Kier molecular flexibility index (Phi) is 4.59. The molecule has 0 atom stereocenters. The molecule has 0 aromatic carbocycles. The molecule has 0 radical (unpaired) electrons. The first-order valence-electron chi connectivity index (χ1n) is 5.94. The first-order chi connectivity index (χ1) is 7.50. The van der Waals surface area contributed by atoms with Crippen molar-refractivity contribution < 1.29 is 0 Å². The highest BCUT2D eigenvalue weighted by Crippen LogP contribution is 2.18. The predicted molar refractivity (Wildman–Crippen MR) is 70.7 cm³/mol. The molecule has 0 unspecified atom stereocenters. The van der Waals surface area contributed by atoms with Crippen LogP contribution in [-0.2, 0) is 0 Å². The van der Waals surface area contributed by atoms with Crippen molar-refractivity contribution in [3.8, 4) is 0 Å². The first kappa shape index (κ1) is 12.8. The summed E-state index contributed by atoms with van der Waals surface area (Å²) in [4.78, 5) is 6.58. The van der Waals surface area contributed by atoms with Gasteiger partial charge in [-0.05, 0) is 37.3 Å². The number of pyridine rings is 1. The number of rotatable bonds is 5. The lowest BCUT2D eigenvalue weighted by atomic mass is 10.1. The van der Waals surface area contributed by atoms with Crippen molar-refractivity contribution in [1.82, 2.24) is 4.98 Å². The minimum atomic E-state index is 0.733. The zero-order valence-corrected chi connectivity index (χ0v) is 10.8. The number of nitrogen functional groups attached to an aromatic ring is 1. The summed E-state index contributed by atoms with van der Waals surface area (Å²) in [6.07, 6.45) is 4.19. The summed E-state index contributed by atoms with van der Waals surface area (Å²) in [7, 11) is 2.09. The highest BCUT2D eigenvalue weighted by molar-refractivity contribution is 5.52. The SMILES string of the molecule is Cc1cc(N)cnc1N(C)CCCC(C)C. The molecule has 0 fully saturated rings. The van der Waals surface area contributed by atoms with E-state index in [4.69, 9.17) is 5.73 Å². The standard InChI is InChI=1S/C13H23N3/c1-10(2)6-5-7-16(4)13-11(3)8-12(14)9-15-13/h8-10H,5-7,14H2,1-4H3. The third-order valence-corrected chi connectivity index (χ3v) is 2.71. The van der Waals surface area contributed by atoms with Crippen LogP contribution in [0, 0.1) is 12.8 Å². The van der Waals surface area contributed by atoms with Gasteiger partial charge in [0.05, 0.1) is 11.9 Å². The van der Waals surface area contributed by atoms with Crippen molar-refractivity contribution >= 4 is 11.5 Å². The Morgan fingerprint density at radius 3 is 2.69 bits per heavy atom. The summed E-state index contributed by atoms with van der Waals surface area (Å²) in [6, 6.07) is 1.97. The number of aromatic nitrogens is 1. The molecule has 0 saturated heterocycles. The van der Waals surface area contributed by atoms with Crippen LogP contribution in [0.15, 0.2) is 12.3 Å². The molecule has 3 nitrogen and oxygen atoms in total. The van der Waals surface area contributed by atoms with E-state index in [1.807, 2.05) is 6.07 Å². The smallest absolute Gasteiger partial charge is 0.131 e. The van der Waals surface area contributed by atoms with Crippen LogP contribution in [0.25, 0.3) is 0 Å². The van der Waals surface area contributed by atoms with Gasteiger partial charge in [-0.15, -0.1) is 0 Å². The van der Waals surface area contributed by atoms with Gasteiger partial charge >= 0.3 is 0 Å². The Hall–Kier alpha value is -1.25. The Balaban J connectivity index is 2.55. The van der Waals surface area contributed by atoms with Crippen LogP contribution < -0.4 is 10.6 Å². The van der Waals surface area contributed by atoms with Crippen LogP contribution in [0.3, 0.4) is 0 Å². The predicted octanol–water partition coefficient (Wildman–Crippen LogP) is 2.84. The molecule has 3 heteroatoms. The van der Waals surface area contributed by atoms with Gasteiger partial charge in [0.15, 0.2) is 0 Å². The van der Waals surface area contributed by atoms with E-state index in [-0.39, 0.29) is 0 Å². The molecule has 0 amide bonds. The Labute approximate surface area is 98.7 Å². The number of hydrogen-bond acceptors (Lipinski definition) is 3. The number of anilines is 2. The summed E-state index contributed by atoms with van der Waals surface area (Å²) in [5.74, 6) is 1.81. The molecule has 0 aliphatic rings. The first-order valence-corrected chi connectivity index (χ1v) is 5.94. The number of nitrogens with two attached hydrogens (primary N) is 1. The molecule has 1 aromatic heterocycles. The van der Waals surface area contributed by atoms with Gasteiger partial charge in [0.25, 0.3) is 0 Å². The number of hydrogen-bond donors (Lipinski definition) is 1. The molecule has 1 heterocycles. The van der Waals surface area contributed by atoms with Gasteiger partial charge in [0, 0.05) is 13.6 Å². The van der Waals surface area contributed by atoms with Gasteiger partial charge < -0.3 is 10.6 Å². The van der Waals surface area contributed by atoms with Gasteiger partial charge in [-0.25, -0.2) is 4.98 Å². The second-order valence-corrected chi connectivity index (χ2v) is 4.87. The molecular formula is C13H23N3. The number of nitrogens with zero attached hydrogens (tertiary/aromatic N) is 2. The van der Waals surface area contributed by atoms with Crippen LogP contribution in [0.4, 0.5) is 11.5 Å². The van der Waals surface area contributed by atoms with Crippen molar-refractivity contribution in [2.75, 3.05) is 24.2 Å². The highest BCUT2D eigenvalue weighted by Gasteiger charge is 2.06.